The summed E-state index contributed by atoms with van der Waals surface area (Å²) in [4.78, 5) is 23.7. The van der Waals surface area contributed by atoms with Gasteiger partial charge in [-0.05, 0) is 18.6 Å². The highest BCUT2D eigenvalue weighted by molar-refractivity contribution is 6.31. The molecule has 0 aliphatic rings. The summed E-state index contributed by atoms with van der Waals surface area (Å²) in [7, 11) is 0. The monoisotopic (exact) mass is 320 g/mol. The molecule has 2 N–H and O–H groups in total. The third-order valence-corrected chi connectivity index (χ3v) is 3.53. The van der Waals surface area contributed by atoms with Crippen LogP contribution in [0.25, 0.3) is 0 Å². The van der Waals surface area contributed by atoms with Crippen molar-refractivity contribution in [1.82, 2.24) is 9.88 Å². The lowest BCUT2D eigenvalue weighted by molar-refractivity contribution is -0.139. The fraction of sp³-hybridized carbons (Fsp3) is 0.250. The Morgan fingerprint density at radius 2 is 2.00 bits per heavy atom. The quantitative estimate of drug-likeness (QED) is 0.859. The average Bonchev–Trinajstić information content (AvgIpc) is 2.88. The normalized spacial score (nSPS) is 11.9. The van der Waals surface area contributed by atoms with Crippen LogP contribution in [0.3, 0.4) is 0 Å². The van der Waals surface area contributed by atoms with E-state index in [1.165, 1.54) is 6.07 Å². The standard InChI is InChI=1S/C16H17ClN2O3/c1-2-19-10-12(17)9-14(19)15(20)18-13(16(21)22)8-11-6-4-3-5-7-11/h3-7,9-10,13H,2,8H2,1H3,(H,18,20)(H,21,22)/t13-/m1/s1. The van der Waals surface area contributed by atoms with Crippen LogP contribution in [-0.4, -0.2) is 27.6 Å². The molecule has 0 fully saturated rings. The van der Waals surface area contributed by atoms with Gasteiger partial charge in [-0.15, -0.1) is 0 Å². The van der Waals surface area contributed by atoms with Crippen LogP contribution in [-0.2, 0) is 17.8 Å². The number of nitrogens with zero attached hydrogens (tertiary/aromatic N) is 1. The van der Waals surface area contributed by atoms with Gasteiger partial charge in [0.1, 0.15) is 11.7 Å². The van der Waals surface area contributed by atoms with Gasteiger partial charge in [-0.2, -0.15) is 0 Å². The van der Waals surface area contributed by atoms with E-state index in [0.717, 1.165) is 5.56 Å². The first-order valence-corrected chi connectivity index (χ1v) is 7.32. The highest BCUT2D eigenvalue weighted by Crippen LogP contribution is 2.14. The van der Waals surface area contributed by atoms with Gasteiger partial charge in [-0.1, -0.05) is 41.9 Å². The first-order valence-electron chi connectivity index (χ1n) is 6.94. The molecule has 2 aromatic rings. The first-order chi connectivity index (χ1) is 10.5. The number of rotatable bonds is 6. The summed E-state index contributed by atoms with van der Waals surface area (Å²) in [5, 5.41) is 12.3. The van der Waals surface area contributed by atoms with Gasteiger partial charge in [-0.25, -0.2) is 4.79 Å². The number of amides is 1. The number of carbonyl (C=O) groups excluding carboxylic acids is 1. The molecule has 22 heavy (non-hydrogen) atoms. The molecule has 1 heterocycles. The number of carboxylic acid groups (broad SMARTS) is 1. The zero-order valence-corrected chi connectivity index (χ0v) is 12.9. The molecule has 1 amide bonds. The van der Waals surface area contributed by atoms with Crippen LogP contribution in [0, 0.1) is 0 Å². The van der Waals surface area contributed by atoms with E-state index in [9.17, 15) is 14.7 Å². The molecule has 0 saturated heterocycles. The fourth-order valence-electron chi connectivity index (χ4n) is 2.21. The molecule has 5 nitrogen and oxygen atoms in total. The Balaban J connectivity index is 2.14. The predicted molar refractivity (Wildman–Crippen MR) is 84.2 cm³/mol. The van der Waals surface area contributed by atoms with Crippen LogP contribution in [0.5, 0.6) is 0 Å². The summed E-state index contributed by atoms with van der Waals surface area (Å²) in [5.74, 6) is -1.52. The number of nitrogens with one attached hydrogen (secondary N) is 1. The van der Waals surface area contributed by atoms with Crippen molar-refractivity contribution < 1.29 is 14.7 Å². The number of halogens is 1. The van der Waals surface area contributed by atoms with E-state index >= 15 is 0 Å². The van der Waals surface area contributed by atoms with Crippen LogP contribution in [0.15, 0.2) is 42.6 Å². The molecule has 0 aliphatic carbocycles. The van der Waals surface area contributed by atoms with E-state index in [-0.39, 0.29) is 6.42 Å². The summed E-state index contributed by atoms with van der Waals surface area (Å²) in [5.41, 5.74) is 1.20. The zero-order valence-electron chi connectivity index (χ0n) is 12.1. The topological polar surface area (TPSA) is 71.3 Å². The third kappa shape index (κ3) is 3.89. The number of aliphatic carboxylic acids is 1. The summed E-state index contributed by atoms with van der Waals surface area (Å²) in [6, 6.07) is 9.71. The second-order valence-corrected chi connectivity index (χ2v) is 5.32. The number of aromatic nitrogens is 1. The minimum atomic E-state index is -1.07. The Morgan fingerprint density at radius 3 is 2.59 bits per heavy atom. The smallest absolute Gasteiger partial charge is 0.326 e. The SMILES string of the molecule is CCn1cc(Cl)cc1C(=O)N[C@H](Cc1ccccc1)C(=O)O. The van der Waals surface area contributed by atoms with E-state index in [4.69, 9.17) is 11.6 Å². The van der Waals surface area contributed by atoms with Crippen LogP contribution >= 0.6 is 11.6 Å². The molecule has 1 atom stereocenters. The minimum Gasteiger partial charge on any atom is -0.480 e. The number of benzene rings is 1. The highest BCUT2D eigenvalue weighted by Gasteiger charge is 2.22. The van der Waals surface area contributed by atoms with Crippen LogP contribution in [0.1, 0.15) is 23.0 Å². The summed E-state index contributed by atoms with van der Waals surface area (Å²) in [6.07, 6.45) is 1.87. The van der Waals surface area contributed by atoms with Crippen molar-refractivity contribution in [2.75, 3.05) is 0 Å². The van der Waals surface area contributed by atoms with Crippen molar-refractivity contribution in [2.24, 2.45) is 0 Å². The van der Waals surface area contributed by atoms with Gasteiger partial charge in [0.15, 0.2) is 0 Å². The van der Waals surface area contributed by atoms with Gasteiger partial charge in [-0.3, -0.25) is 4.79 Å². The maximum Gasteiger partial charge on any atom is 0.326 e. The maximum atomic E-state index is 12.3. The van der Waals surface area contributed by atoms with Gasteiger partial charge in [0.05, 0.1) is 5.02 Å². The van der Waals surface area contributed by atoms with Crippen molar-refractivity contribution in [3.8, 4) is 0 Å². The Morgan fingerprint density at radius 1 is 1.32 bits per heavy atom. The van der Waals surface area contributed by atoms with Crippen LogP contribution < -0.4 is 5.32 Å². The van der Waals surface area contributed by atoms with Gasteiger partial charge in [0, 0.05) is 19.2 Å². The van der Waals surface area contributed by atoms with Crippen LogP contribution in [0.4, 0.5) is 0 Å². The largest absolute Gasteiger partial charge is 0.480 e. The fourth-order valence-corrected chi connectivity index (χ4v) is 2.43. The summed E-state index contributed by atoms with van der Waals surface area (Å²) >= 11 is 5.90. The minimum absolute atomic E-state index is 0.225. The average molecular weight is 321 g/mol. The van der Waals surface area contributed by atoms with Gasteiger partial charge in [0.25, 0.3) is 5.91 Å². The van der Waals surface area contributed by atoms with E-state index in [1.54, 1.807) is 10.8 Å². The lowest BCUT2D eigenvalue weighted by atomic mass is 10.1. The molecule has 6 heteroatoms. The Bertz CT molecular complexity index is 667. The lowest BCUT2D eigenvalue weighted by Gasteiger charge is -2.15. The molecule has 0 aliphatic heterocycles. The first kappa shape index (κ1) is 16.1. The molecular formula is C16H17ClN2O3. The summed E-state index contributed by atoms with van der Waals surface area (Å²) in [6.45, 7) is 2.46. The van der Waals surface area contributed by atoms with Crippen LogP contribution in [0.2, 0.25) is 5.02 Å². The third-order valence-electron chi connectivity index (χ3n) is 3.32. The van der Waals surface area contributed by atoms with E-state index in [0.29, 0.717) is 17.3 Å². The molecular weight excluding hydrogens is 304 g/mol. The van der Waals surface area contributed by atoms with Gasteiger partial charge < -0.3 is 15.0 Å². The molecule has 1 aromatic heterocycles. The molecule has 0 spiro atoms. The lowest BCUT2D eigenvalue weighted by Crippen LogP contribution is -2.42. The van der Waals surface area contributed by atoms with Crippen molar-refractivity contribution >= 4 is 23.5 Å². The number of aryl methyl sites for hydroxylation is 1. The van der Waals surface area contributed by atoms with E-state index in [1.807, 2.05) is 37.3 Å². The molecule has 0 bridgehead atoms. The number of carbonyl (C=O) groups is 2. The Hall–Kier alpha value is -2.27. The molecule has 0 saturated carbocycles. The van der Waals surface area contributed by atoms with Crippen molar-refractivity contribution in [3.05, 3.63) is 58.9 Å². The molecule has 0 unspecified atom stereocenters. The highest BCUT2D eigenvalue weighted by atomic mass is 35.5. The van der Waals surface area contributed by atoms with E-state index in [2.05, 4.69) is 5.32 Å². The second kappa shape index (κ2) is 7.13. The zero-order chi connectivity index (χ0) is 16.1. The Labute approximate surface area is 133 Å². The Kier molecular flexibility index (Phi) is 5.22. The molecule has 1 aromatic carbocycles. The predicted octanol–water partition coefficient (Wildman–Crippen LogP) is 2.59. The molecule has 116 valence electrons. The molecule has 0 radical (unpaired) electrons. The van der Waals surface area contributed by atoms with Crippen molar-refractivity contribution in [2.45, 2.75) is 25.9 Å². The van der Waals surface area contributed by atoms with E-state index < -0.39 is 17.9 Å². The van der Waals surface area contributed by atoms with Crippen molar-refractivity contribution in [3.63, 3.8) is 0 Å². The summed E-state index contributed by atoms with van der Waals surface area (Å²) < 4.78 is 1.68. The number of hydrogen-bond acceptors (Lipinski definition) is 2. The second-order valence-electron chi connectivity index (χ2n) is 4.88. The molecule has 2 rings (SSSR count). The van der Waals surface area contributed by atoms with Crippen molar-refractivity contribution in [1.29, 1.82) is 0 Å². The number of carboxylic acids is 1. The number of hydrogen-bond donors (Lipinski definition) is 2. The maximum absolute atomic E-state index is 12.3. The van der Waals surface area contributed by atoms with Gasteiger partial charge in [0.2, 0.25) is 0 Å². The van der Waals surface area contributed by atoms with Gasteiger partial charge >= 0.3 is 5.97 Å².